The van der Waals surface area contributed by atoms with Crippen molar-refractivity contribution in [3.05, 3.63) is 34.9 Å². The number of ether oxygens (including phenoxy) is 1. The van der Waals surface area contributed by atoms with Crippen LogP contribution in [0.5, 0.6) is 0 Å². The third kappa shape index (κ3) is 3.12. The van der Waals surface area contributed by atoms with Gasteiger partial charge in [0.05, 0.1) is 12.1 Å². The fourth-order valence-corrected chi connectivity index (χ4v) is 1.09. The SMILES string of the molecule is COC(=O)C#CC(=O)c1ccccc1Cl. The normalized spacial score (nSPS) is 8.67. The van der Waals surface area contributed by atoms with Crippen LogP contribution >= 0.6 is 11.6 Å². The lowest BCUT2D eigenvalue weighted by molar-refractivity contribution is -0.133. The highest BCUT2D eigenvalue weighted by Gasteiger charge is 2.06. The number of carbonyl (C=O) groups excluding carboxylic acids is 2. The van der Waals surface area contributed by atoms with Crippen LogP contribution < -0.4 is 0 Å². The second-order valence-electron chi connectivity index (χ2n) is 2.55. The smallest absolute Gasteiger partial charge is 0.384 e. The number of carbonyl (C=O) groups is 2. The molecule has 0 aliphatic carbocycles. The number of ketones is 1. The predicted octanol–water partition coefficient (Wildman–Crippen LogP) is 1.70. The first-order chi connectivity index (χ1) is 7.15. The van der Waals surface area contributed by atoms with Crippen molar-refractivity contribution in [3.63, 3.8) is 0 Å². The highest BCUT2D eigenvalue weighted by Crippen LogP contribution is 2.14. The molecule has 1 rings (SSSR count). The second kappa shape index (κ2) is 5.18. The minimum absolute atomic E-state index is 0.274. The van der Waals surface area contributed by atoms with Crippen molar-refractivity contribution in [2.75, 3.05) is 7.11 Å². The van der Waals surface area contributed by atoms with Crippen molar-refractivity contribution in [1.82, 2.24) is 0 Å². The Bertz CT molecular complexity index is 454. The maximum Gasteiger partial charge on any atom is 0.384 e. The van der Waals surface area contributed by atoms with Gasteiger partial charge in [-0.2, -0.15) is 0 Å². The molecule has 0 saturated carbocycles. The van der Waals surface area contributed by atoms with Gasteiger partial charge in [0.25, 0.3) is 0 Å². The molecule has 0 saturated heterocycles. The molecule has 0 unspecified atom stereocenters. The standard InChI is InChI=1S/C11H7ClO3/c1-15-11(14)7-6-10(13)8-4-2-3-5-9(8)12/h2-5H,1H3. The van der Waals surface area contributed by atoms with E-state index in [2.05, 4.69) is 10.7 Å². The average Bonchev–Trinajstić information content (AvgIpc) is 2.26. The summed E-state index contributed by atoms with van der Waals surface area (Å²) in [5.41, 5.74) is 0.274. The van der Waals surface area contributed by atoms with E-state index in [0.29, 0.717) is 5.02 Å². The molecule has 0 heterocycles. The van der Waals surface area contributed by atoms with Gasteiger partial charge in [-0.25, -0.2) is 4.79 Å². The molecule has 4 heteroatoms. The number of hydrogen-bond acceptors (Lipinski definition) is 3. The molecule has 0 atom stereocenters. The molecule has 0 aromatic heterocycles. The minimum atomic E-state index is -0.754. The number of esters is 1. The lowest BCUT2D eigenvalue weighted by atomic mass is 10.1. The Morgan fingerprint density at radius 1 is 1.27 bits per heavy atom. The monoisotopic (exact) mass is 222 g/mol. The van der Waals surface area contributed by atoms with E-state index in [1.807, 2.05) is 5.92 Å². The van der Waals surface area contributed by atoms with Gasteiger partial charge in [-0.05, 0) is 18.1 Å². The van der Waals surface area contributed by atoms with Crippen LogP contribution in [-0.2, 0) is 9.53 Å². The second-order valence-corrected chi connectivity index (χ2v) is 2.96. The molecule has 0 aliphatic rings. The maximum absolute atomic E-state index is 11.4. The number of hydrogen-bond donors (Lipinski definition) is 0. The first-order valence-electron chi connectivity index (χ1n) is 4.04. The van der Waals surface area contributed by atoms with Crippen molar-refractivity contribution in [3.8, 4) is 11.8 Å². The van der Waals surface area contributed by atoms with E-state index >= 15 is 0 Å². The van der Waals surface area contributed by atoms with Gasteiger partial charge in [0.15, 0.2) is 0 Å². The maximum atomic E-state index is 11.4. The molecule has 1 aromatic rings. The Hall–Kier alpha value is -1.79. The molecule has 0 spiro atoms. The Morgan fingerprint density at radius 2 is 1.93 bits per heavy atom. The predicted molar refractivity (Wildman–Crippen MR) is 55.6 cm³/mol. The molecule has 1 aromatic carbocycles. The lowest BCUT2D eigenvalue weighted by Gasteiger charge is -1.95. The van der Waals surface area contributed by atoms with Gasteiger partial charge in [-0.15, -0.1) is 0 Å². The van der Waals surface area contributed by atoms with Gasteiger partial charge >= 0.3 is 5.97 Å². The summed E-state index contributed by atoms with van der Waals surface area (Å²) in [7, 11) is 1.19. The molecule has 0 bridgehead atoms. The fraction of sp³-hybridized carbons (Fsp3) is 0.0909. The fourth-order valence-electron chi connectivity index (χ4n) is 0.872. The van der Waals surface area contributed by atoms with Crippen molar-refractivity contribution in [1.29, 1.82) is 0 Å². The molecular formula is C11H7ClO3. The van der Waals surface area contributed by atoms with Crippen molar-refractivity contribution < 1.29 is 14.3 Å². The van der Waals surface area contributed by atoms with E-state index in [0.717, 1.165) is 0 Å². The van der Waals surface area contributed by atoms with Crippen LogP contribution in [0.15, 0.2) is 24.3 Å². The van der Waals surface area contributed by atoms with E-state index in [4.69, 9.17) is 11.6 Å². The molecule has 15 heavy (non-hydrogen) atoms. The molecule has 76 valence electrons. The van der Waals surface area contributed by atoms with Crippen LogP contribution in [-0.4, -0.2) is 18.9 Å². The topological polar surface area (TPSA) is 43.4 Å². The zero-order chi connectivity index (χ0) is 11.3. The van der Waals surface area contributed by atoms with Crippen LogP contribution in [0.4, 0.5) is 0 Å². The Balaban J connectivity index is 2.90. The van der Waals surface area contributed by atoms with Crippen LogP contribution in [0, 0.1) is 11.8 Å². The van der Waals surface area contributed by atoms with Crippen LogP contribution in [0.25, 0.3) is 0 Å². The number of rotatable bonds is 1. The van der Waals surface area contributed by atoms with Gasteiger partial charge in [0.1, 0.15) is 0 Å². The molecule has 3 nitrogen and oxygen atoms in total. The highest BCUT2D eigenvalue weighted by molar-refractivity contribution is 6.35. The first kappa shape index (κ1) is 11.3. The summed E-state index contributed by atoms with van der Waals surface area (Å²) in [6.07, 6.45) is 0. The molecule has 0 N–H and O–H groups in total. The quantitative estimate of drug-likeness (QED) is 0.239. The Labute approximate surface area is 92.0 Å². The zero-order valence-corrected chi connectivity index (χ0v) is 8.67. The Kier molecular flexibility index (Phi) is 3.90. The third-order valence-electron chi connectivity index (χ3n) is 1.58. The molecular weight excluding hydrogens is 216 g/mol. The number of halogens is 1. The summed E-state index contributed by atoms with van der Waals surface area (Å²) < 4.78 is 4.27. The molecule has 0 amide bonds. The van der Waals surface area contributed by atoms with E-state index in [9.17, 15) is 9.59 Å². The number of benzene rings is 1. The van der Waals surface area contributed by atoms with E-state index in [1.165, 1.54) is 13.2 Å². The lowest BCUT2D eigenvalue weighted by Crippen LogP contribution is -1.99. The van der Waals surface area contributed by atoms with Crippen LogP contribution in [0.1, 0.15) is 10.4 Å². The van der Waals surface area contributed by atoms with Crippen molar-refractivity contribution in [2.45, 2.75) is 0 Å². The molecule has 0 fully saturated rings. The van der Waals surface area contributed by atoms with E-state index in [1.54, 1.807) is 18.2 Å². The summed E-state index contributed by atoms with van der Waals surface area (Å²) >= 11 is 5.76. The first-order valence-corrected chi connectivity index (χ1v) is 4.41. The van der Waals surface area contributed by atoms with Gasteiger partial charge in [0, 0.05) is 11.5 Å². The molecule has 0 radical (unpaired) electrons. The van der Waals surface area contributed by atoms with Gasteiger partial charge in [-0.1, -0.05) is 23.7 Å². The minimum Gasteiger partial charge on any atom is -0.459 e. The number of methoxy groups -OCH3 is 1. The largest absolute Gasteiger partial charge is 0.459 e. The van der Waals surface area contributed by atoms with Crippen molar-refractivity contribution >= 4 is 23.4 Å². The van der Waals surface area contributed by atoms with E-state index in [-0.39, 0.29) is 5.56 Å². The number of Topliss-reactive ketones (excluding diaryl/α,β-unsaturated/α-hetero) is 1. The summed E-state index contributed by atoms with van der Waals surface area (Å²) in [6, 6.07) is 6.48. The zero-order valence-electron chi connectivity index (χ0n) is 7.91. The highest BCUT2D eigenvalue weighted by atomic mass is 35.5. The Morgan fingerprint density at radius 3 is 2.53 bits per heavy atom. The van der Waals surface area contributed by atoms with Gasteiger partial charge in [-0.3, -0.25) is 4.79 Å². The molecule has 0 aliphatic heterocycles. The van der Waals surface area contributed by atoms with Gasteiger partial charge in [0.2, 0.25) is 5.78 Å². The van der Waals surface area contributed by atoms with Gasteiger partial charge < -0.3 is 4.74 Å². The third-order valence-corrected chi connectivity index (χ3v) is 1.91. The van der Waals surface area contributed by atoms with E-state index < -0.39 is 11.8 Å². The summed E-state index contributed by atoms with van der Waals surface area (Å²) in [5.74, 6) is 2.92. The summed E-state index contributed by atoms with van der Waals surface area (Å²) in [4.78, 5) is 22.1. The van der Waals surface area contributed by atoms with Crippen LogP contribution in [0.2, 0.25) is 5.02 Å². The summed E-state index contributed by atoms with van der Waals surface area (Å²) in [6.45, 7) is 0. The van der Waals surface area contributed by atoms with Crippen LogP contribution in [0.3, 0.4) is 0 Å². The van der Waals surface area contributed by atoms with Crippen molar-refractivity contribution in [2.24, 2.45) is 0 Å². The average molecular weight is 223 g/mol. The summed E-state index contributed by atoms with van der Waals surface area (Å²) in [5, 5.41) is 0.307.